The summed E-state index contributed by atoms with van der Waals surface area (Å²) in [7, 11) is 1.59. The largest absolute Gasteiger partial charge is 0.496 e. The number of hydrogen-bond donors (Lipinski definition) is 0. The van der Waals surface area contributed by atoms with Gasteiger partial charge in [-0.1, -0.05) is 6.58 Å². The number of benzene rings is 1. The van der Waals surface area contributed by atoms with Gasteiger partial charge in [-0.15, -0.1) is 0 Å². The molecule has 1 aromatic heterocycles. The zero-order valence-electron chi connectivity index (χ0n) is 10.8. The molecular weight excluding hydrogens is 244 g/mol. The summed E-state index contributed by atoms with van der Waals surface area (Å²) >= 11 is 0. The number of epoxide rings is 1. The Morgan fingerprint density at radius 2 is 2.16 bits per heavy atom. The predicted molar refractivity (Wildman–Crippen MR) is 71.5 cm³/mol. The second-order valence-electron chi connectivity index (χ2n) is 4.71. The van der Waals surface area contributed by atoms with Crippen LogP contribution in [0.2, 0.25) is 0 Å². The van der Waals surface area contributed by atoms with Gasteiger partial charge in [0.15, 0.2) is 0 Å². The first kappa shape index (κ1) is 12.0. The lowest BCUT2D eigenvalue weighted by atomic mass is 10.0. The molecule has 98 valence electrons. The van der Waals surface area contributed by atoms with E-state index < -0.39 is 0 Å². The smallest absolute Gasteiger partial charge is 0.336 e. The van der Waals surface area contributed by atoms with Gasteiger partial charge in [-0.05, 0) is 24.6 Å². The molecule has 0 aliphatic carbocycles. The fraction of sp³-hybridized carbons (Fsp3) is 0.267. The maximum Gasteiger partial charge on any atom is 0.336 e. The van der Waals surface area contributed by atoms with Crippen molar-refractivity contribution in [3.63, 3.8) is 0 Å². The van der Waals surface area contributed by atoms with Crippen LogP contribution in [0.3, 0.4) is 0 Å². The summed E-state index contributed by atoms with van der Waals surface area (Å²) in [6.07, 6.45) is 0.0193. The second-order valence-corrected chi connectivity index (χ2v) is 4.71. The van der Waals surface area contributed by atoms with Gasteiger partial charge in [-0.2, -0.15) is 0 Å². The molecule has 1 saturated heterocycles. The van der Waals surface area contributed by atoms with E-state index in [0.717, 1.165) is 16.5 Å². The Morgan fingerprint density at radius 3 is 2.79 bits per heavy atom. The van der Waals surface area contributed by atoms with Gasteiger partial charge < -0.3 is 13.9 Å². The number of fused-ring (bicyclic) bond motifs is 1. The standard InChI is InChI=1S/C15H14O4/c1-8(2)14-15(19-14)10-6-9-4-5-13(16)18-11(9)7-12(10)17-3/h4-7,14-15H,1H2,2-3H3/t14-,15-/m1/s1. The molecular formula is C15H14O4. The summed E-state index contributed by atoms with van der Waals surface area (Å²) in [5, 5.41) is 0.853. The molecule has 0 saturated carbocycles. The lowest BCUT2D eigenvalue weighted by Gasteiger charge is -2.07. The minimum absolute atomic E-state index is 0.0243. The van der Waals surface area contributed by atoms with E-state index in [1.165, 1.54) is 6.07 Å². The third-order valence-corrected chi connectivity index (χ3v) is 3.26. The topological polar surface area (TPSA) is 52.0 Å². The lowest BCUT2D eigenvalue weighted by Crippen LogP contribution is -1.98. The van der Waals surface area contributed by atoms with Crippen molar-refractivity contribution >= 4 is 11.0 Å². The monoisotopic (exact) mass is 258 g/mol. The molecule has 19 heavy (non-hydrogen) atoms. The molecule has 1 aliphatic rings. The van der Waals surface area contributed by atoms with Crippen molar-refractivity contribution in [3.8, 4) is 5.75 Å². The maximum absolute atomic E-state index is 11.2. The molecule has 2 aromatic rings. The average Bonchev–Trinajstić information content (AvgIpc) is 3.17. The van der Waals surface area contributed by atoms with Gasteiger partial charge >= 0.3 is 5.63 Å². The average molecular weight is 258 g/mol. The fourth-order valence-corrected chi connectivity index (χ4v) is 2.24. The highest BCUT2D eigenvalue weighted by molar-refractivity contribution is 5.79. The first-order valence-electron chi connectivity index (χ1n) is 6.03. The van der Waals surface area contributed by atoms with Crippen LogP contribution in [0, 0.1) is 0 Å². The summed E-state index contributed by atoms with van der Waals surface area (Å²) in [6.45, 7) is 5.84. The van der Waals surface area contributed by atoms with Gasteiger partial charge in [0.2, 0.25) is 0 Å². The number of hydrogen-bond acceptors (Lipinski definition) is 4. The number of rotatable bonds is 3. The zero-order valence-corrected chi connectivity index (χ0v) is 10.8. The van der Waals surface area contributed by atoms with Crippen molar-refractivity contribution in [2.24, 2.45) is 0 Å². The van der Waals surface area contributed by atoms with Crippen LogP contribution in [0.15, 0.2) is 45.6 Å². The Morgan fingerprint density at radius 1 is 1.37 bits per heavy atom. The molecule has 0 amide bonds. The Balaban J connectivity index is 2.11. The lowest BCUT2D eigenvalue weighted by molar-refractivity contribution is 0.371. The second kappa shape index (κ2) is 4.24. The summed E-state index contributed by atoms with van der Waals surface area (Å²) in [5.41, 5.74) is 2.09. The van der Waals surface area contributed by atoms with Crippen LogP contribution in [0.25, 0.3) is 11.0 Å². The van der Waals surface area contributed by atoms with Gasteiger partial charge in [0.1, 0.15) is 23.5 Å². The molecule has 4 heteroatoms. The summed E-state index contributed by atoms with van der Waals surface area (Å²) < 4.78 is 16.1. The minimum Gasteiger partial charge on any atom is -0.496 e. The van der Waals surface area contributed by atoms with Crippen molar-refractivity contribution in [2.75, 3.05) is 7.11 Å². The van der Waals surface area contributed by atoms with Gasteiger partial charge in [-0.25, -0.2) is 4.79 Å². The van der Waals surface area contributed by atoms with Gasteiger partial charge in [-0.3, -0.25) is 0 Å². The highest BCUT2D eigenvalue weighted by Gasteiger charge is 2.42. The van der Waals surface area contributed by atoms with Crippen LogP contribution in [0.4, 0.5) is 0 Å². The van der Waals surface area contributed by atoms with Crippen LogP contribution < -0.4 is 10.4 Å². The van der Waals surface area contributed by atoms with E-state index in [9.17, 15) is 4.79 Å². The molecule has 0 N–H and O–H groups in total. The Labute approximate surface area is 110 Å². The highest BCUT2D eigenvalue weighted by atomic mass is 16.6. The Kier molecular flexibility index (Phi) is 2.68. The zero-order chi connectivity index (χ0) is 13.6. The van der Waals surface area contributed by atoms with Crippen LogP contribution in [0.1, 0.15) is 18.6 Å². The van der Waals surface area contributed by atoms with Crippen molar-refractivity contribution in [2.45, 2.75) is 19.1 Å². The minimum atomic E-state index is -0.371. The Bertz CT molecular complexity index is 714. The first-order chi connectivity index (χ1) is 9.10. The van der Waals surface area contributed by atoms with Crippen molar-refractivity contribution in [1.29, 1.82) is 0 Å². The molecule has 3 rings (SSSR count). The molecule has 4 nitrogen and oxygen atoms in total. The maximum atomic E-state index is 11.2. The molecule has 2 heterocycles. The van der Waals surface area contributed by atoms with Crippen LogP contribution in [-0.4, -0.2) is 13.2 Å². The Hall–Kier alpha value is -2.07. The number of methoxy groups -OCH3 is 1. The van der Waals surface area contributed by atoms with Crippen LogP contribution in [0.5, 0.6) is 5.75 Å². The van der Waals surface area contributed by atoms with Crippen LogP contribution >= 0.6 is 0 Å². The SMILES string of the molecule is C=C(C)[C@H]1O[C@@H]1c1cc2ccc(=O)oc2cc1OC. The summed E-state index contributed by atoms with van der Waals surface area (Å²) in [6, 6.07) is 6.80. The van der Waals surface area contributed by atoms with E-state index >= 15 is 0 Å². The van der Waals surface area contributed by atoms with E-state index in [1.807, 2.05) is 13.0 Å². The van der Waals surface area contributed by atoms with Crippen LogP contribution in [-0.2, 0) is 4.74 Å². The van der Waals surface area contributed by atoms with Crippen molar-refractivity contribution in [3.05, 3.63) is 52.4 Å². The molecule has 0 radical (unpaired) electrons. The molecule has 1 fully saturated rings. The van der Waals surface area contributed by atoms with Gasteiger partial charge in [0, 0.05) is 23.1 Å². The fourth-order valence-electron chi connectivity index (χ4n) is 2.24. The third-order valence-electron chi connectivity index (χ3n) is 3.26. The first-order valence-corrected chi connectivity index (χ1v) is 6.03. The molecule has 0 spiro atoms. The molecule has 2 atom stereocenters. The van der Waals surface area contributed by atoms with Gasteiger partial charge in [0.25, 0.3) is 0 Å². The third kappa shape index (κ3) is 2.04. The predicted octanol–water partition coefficient (Wildman–Crippen LogP) is 2.82. The molecule has 0 unspecified atom stereocenters. The van der Waals surface area contributed by atoms with E-state index in [1.54, 1.807) is 19.2 Å². The number of ether oxygens (including phenoxy) is 2. The van der Waals surface area contributed by atoms with E-state index in [4.69, 9.17) is 13.9 Å². The van der Waals surface area contributed by atoms with Gasteiger partial charge in [0.05, 0.1) is 7.11 Å². The normalized spacial score (nSPS) is 21.4. The quantitative estimate of drug-likeness (QED) is 0.482. The highest BCUT2D eigenvalue weighted by Crippen LogP contribution is 2.46. The van der Waals surface area contributed by atoms with E-state index in [-0.39, 0.29) is 17.8 Å². The van der Waals surface area contributed by atoms with E-state index in [2.05, 4.69) is 6.58 Å². The van der Waals surface area contributed by atoms with E-state index in [0.29, 0.717) is 11.3 Å². The summed E-state index contributed by atoms with van der Waals surface area (Å²) in [4.78, 5) is 11.2. The van der Waals surface area contributed by atoms with Crippen molar-refractivity contribution in [1.82, 2.24) is 0 Å². The molecule has 0 bridgehead atoms. The molecule has 1 aromatic carbocycles. The summed E-state index contributed by atoms with van der Waals surface area (Å²) in [5.74, 6) is 0.663. The molecule has 1 aliphatic heterocycles. The van der Waals surface area contributed by atoms with Crippen molar-refractivity contribution < 1.29 is 13.9 Å².